The van der Waals surface area contributed by atoms with Gasteiger partial charge in [-0.15, -0.1) is 11.3 Å². The Morgan fingerprint density at radius 1 is 1.46 bits per heavy atom. The number of thiophene rings is 1. The topological polar surface area (TPSA) is 41.6 Å². The Kier molecular flexibility index (Phi) is 6.70. The van der Waals surface area contributed by atoms with Crippen LogP contribution >= 0.6 is 11.3 Å². The van der Waals surface area contributed by atoms with Gasteiger partial charge in [0, 0.05) is 30.1 Å². The lowest BCUT2D eigenvalue weighted by Gasteiger charge is -2.38. The van der Waals surface area contributed by atoms with E-state index in [2.05, 4.69) is 30.6 Å². The van der Waals surface area contributed by atoms with Crippen LogP contribution < -0.4 is 5.32 Å². The molecular weight excluding hydrogens is 320 g/mol. The van der Waals surface area contributed by atoms with Crippen molar-refractivity contribution in [3.8, 4) is 0 Å². The van der Waals surface area contributed by atoms with Gasteiger partial charge in [0.05, 0.1) is 0 Å². The summed E-state index contributed by atoms with van der Waals surface area (Å²) in [6.07, 6.45) is 4.16. The molecule has 1 aromatic heterocycles. The third kappa shape index (κ3) is 5.78. The van der Waals surface area contributed by atoms with Crippen LogP contribution in [0.5, 0.6) is 0 Å². The summed E-state index contributed by atoms with van der Waals surface area (Å²) in [6, 6.07) is 2.82. The number of piperidine rings is 1. The lowest BCUT2D eigenvalue weighted by Crippen LogP contribution is -2.48. The van der Waals surface area contributed by atoms with Crippen molar-refractivity contribution in [3.05, 3.63) is 21.9 Å². The Morgan fingerprint density at radius 3 is 2.83 bits per heavy atom. The first-order chi connectivity index (χ1) is 11.3. The van der Waals surface area contributed by atoms with E-state index in [4.69, 9.17) is 4.74 Å². The first-order valence-corrected chi connectivity index (χ1v) is 9.90. The molecule has 4 nitrogen and oxygen atoms in total. The molecular formula is C19H32N2O2S. The molecule has 1 saturated heterocycles. The molecule has 0 bridgehead atoms. The monoisotopic (exact) mass is 352 g/mol. The van der Waals surface area contributed by atoms with Crippen LogP contribution in [-0.4, -0.2) is 35.2 Å². The second-order valence-electron chi connectivity index (χ2n) is 7.87. The molecule has 2 atom stereocenters. The average Bonchev–Trinajstić information content (AvgIpc) is 2.89. The fourth-order valence-corrected chi connectivity index (χ4v) is 4.01. The Balaban J connectivity index is 1.87. The summed E-state index contributed by atoms with van der Waals surface area (Å²) in [5.41, 5.74) is 0.923. The van der Waals surface area contributed by atoms with Crippen LogP contribution in [0.3, 0.4) is 0 Å². The largest absolute Gasteiger partial charge is 0.444 e. The van der Waals surface area contributed by atoms with E-state index in [9.17, 15) is 4.79 Å². The minimum atomic E-state index is -0.431. The predicted octanol–water partition coefficient (Wildman–Crippen LogP) is 4.71. The van der Waals surface area contributed by atoms with Gasteiger partial charge < -0.3 is 15.0 Å². The summed E-state index contributed by atoms with van der Waals surface area (Å²) in [5.74, 6) is 0. The van der Waals surface area contributed by atoms with E-state index in [0.717, 1.165) is 32.4 Å². The number of carbonyl (C=O) groups excluding carboxylic acids is 1. The maximum atomic E-state index is 12.5. The van der Waals surface area contributed by atoms with Crippen LogP contribution in [0.25, 0.3) is 0 Å². The minimum Gasteiger partial charge on any atom is -0.444 e. The number of hydrogen-bond donors (Lipinski definition) is 1. The van der Waals surface area contributed by atoms with Crippen molar-refractivity contribution in [1.82, 2.24) is 10.2 Å². The Bertz CT molecular complexity index is 536. The molecule has 1 aliphatic rings. The SMILES string of the molecule is Cc1ccsc1CNC(C)CC1CCCCN1C(=O)OC(C)(C)C. The Hall–Kier alpha value is -1.07. The van der Waals surface area contributed by atoms with E-state index in [0.29, 0.717) is 6.04 Å². The second-order valence-corrected chi connectivity index (χ2v) is 8.87. The van der Waals surface area contributed by atoms with Crippen molar-refractivity contribution in [1.29, 1.82) is 0 Å². The molecule has 2 heterocycles. The molecule has 1 amide bonds. The van der Waals surface area contributed by atoms with Gasteiger partial charge in [-0.3, -0.25) is 0 Å². The zero-order valence-electron chi connectivity index (χ0n) is 15.7. The van der Waals surface area contributed by atoms with Crippen molar-refractivity contribution in [3.63, 3.8) is 0 Å². The fourth-order valence-electron chi connectivity index (χ4n) is 3.15. The summed E-state index contributed by atoms with van der Waals surface area (Å²) >= 11 is 1.80. The highest BCUT2D eigenvalue weighted by Gasteiger charge is 2.31. The molecule has 136 valence electrons. The second kappa shape index (κ2) is 8.34. The van der Waals surface area contributed by atoms with Crippen molar-refractivity contribution in [2.45, 2.75) is 84.5 Å². The molecule has 1 fully saturated rings. The van der Waals surface area contributed by atoms with Crippen LogP contribution in [-0.2, 0) is 11.3 Å². The molecule has 2 rings (SSSR count). The van der Waals surface area contributed by atoms with Crippen molar-refractivity contribution in [2.75, 3.05) is 6.54 Å². The van der Waals surface area contributed by atoms with Crippen LogP contribution in [0.1, 0.15) is 63.8 Å². The number of hydrogen-bond acceptors (Lipinski definition) is 4. The highest BCUT2D eigenvalue weighted by Crippen LogP contribution is 2.24. The van der Waals surface area contributed by atoms with Gasteiger partial charge in [-0.25, -0.2) is 4.79 Å². The van der Waals surface area contributed by atoms with Crippen LogP contribution in [0.2, 0.25) is 0 Å². The maximum Gasteiger partial charge on any atom is 0.410 e. The number of likely N-dealkylation sites (tertiary alicyclic amines) is 1. The molecule has 1 aromatic rings. The first-order valence-electron chi connectivity index (χ1n) is 9.02. The summed E-state index contributed by atoms with van der Waals surface area (Å²) < 4.78 is 5.59. The van der Waals surface area contributed by atoms with Gasteiger partial charge in [0.15, 0.2) is 0 Å². The van der Waals surface area contributed by atoms with Gasteiger partial charge in [-0.05, 0) is 77.3 Å². The molecule has 0 aliphatic carbocycles. The van der Waals surface area contributed by atoms with E-state index in [1.165, 1.54) is 16.9 Å². The number of nitrogens with zero attached hydrogens (tertiary/aromatic N) is 1. The van der Waals surface area contributed by atoms with E-state index in [1.807, 2.05) is 25.7 Å². The van der Waals surface area contributed by atoms with Crippen molar-refractivity contribution >= 4 is 17.4 Å². The molecule has 5 heteroatoms. The average molecular weight is 353 g/mol. The van der Waals surface area contributed by atoms with Crippen LogP contribution in [0.4, 0.5) is 4.79 Å². The lowest BCUT2D eigenvalue weighted by molar-refractivity contribution is 0.00789. The predicted molar refractivity (Wildman–Crippen MR) is 101 cm³/mol. The maximum absolute atomic E-state index is 12.5. The Labute approximate surface area is 150 Å². The van der Waals surface area contributed by atoms with Crippen molar-refractivity contribution < 1.29 is 9.53 Å². The third-order valence-corrected chi connectivity index (χ3v) is 5.48. The van der Waals surface area contributed by atoms with Crippen molar-refractivity contribution in [2.24, 2.45) is 0 Å². The molecule has 24 heavy (non-hydrogen) atoms. The number of amides is 1. The summed E-state index contributed by atoms with van der Waals surface area (Å²) in [6.45, 7) is 11.9. The highest BCUT2D eigenvalue weighted by molar-refractivity contribution is 7.10. The normalized spacial score (nSPS) is 20.0. The van der Waals surface area contributed by atoms with E-state index < -0.39 is 5.60 Å². The molecule has 1 N–H and O–H groups in total. The number of ether oxygens (including phenoxy) is 1. The number of rotatable bonds is 5. The van der Waals surface area contributed by atoms with Gasteiger partial charge in [0.2, 0.25) is 0 Å². The molecule has 0 saturated carbocycles. The number of carbonyl (C=O) groups is 1. The molecule has 0 spiro atoms. The standard InChI is InChI=1S/C19H32N2O2S/c1-14-9-11-24-17(14)13-20-15(2)12-16-8-6-7-10-21(16)18(22)23-19(3,4)5/h9,11,15-16,20H,6-8,10,12-13H2,1-5H3. The molecule has 0 radical (unpaired) electrons. The van der Waals surface area contributed by atoms with Crippen LogP contribution in [0.15, 0.2) is 11.4 Å². The molecule has 2 unspecified atom stereocenters. The summed E-state index contributed by atoms with van der Waals surface area (Å²) in [5, 5.41) is 5.75. The van der Waals surface area contributed by atoms with Gasteiger partial charge >= 0.3 is 6.09 Å². The smallest absolute Gasteiger partial charge is 0.410 e. The van der Waals surface area contributed by atoms with E-state index >= 15 is 0 Å². The summed E-state index contributed by atoms with van der Waals surface area (Å²) in [7, 11) is 0. The van der Waals surface area contributed by atoms with Gasteiger partial charge in [-0.2, -0.15) is 0 Å². The van der Waals surface area contributed by atoms with Gasteiger partial charge in [0.1, 0.15) is 5.60 Å². The van der Waals surface area contributed by atoms with E-state index in [1.54, 1.807) is 11.3 Å². The highest BCUT2D eigenvalue weighted by atomic mass is 32.1. The third-order valence-electron chi connectivity index (χ3n) is 4.46. The van der Waals surface area contributed by atoms with Gasteiger partial charge in [-0.1, -0.05) is 0 Å². The lowest BCUT2D eigenvalue weighted by atomic mass is 9.96. The van der Waals surface area contributed by atoms with Gasteiger partial charge in [0.25, 0.3) is 0 Å². The van der Waals surface area contributed by atoms with Crippen LogP contribution in [0, 0.1) is 6.92 Å². The number of aryl methyl sites for hydroxylation is 1. The minimum absolute atomic E-state index is 0.159. The van der Waals surface area contributed by atoms with E-state index in [-0.39, 0.29) is 12.1 Å². The summed E-state index contributed by atoms with van der Waals surface area (Å²) in [4.78, 5) is 15.8. The Morgan fingerprint density at radius 2 is 2.21 bits per heavy atom. The quantitative estimate of drug-likeness (QED) is 0.834. The number of nitrogens with one attached hydrogen (secondary N) is 1. The molecule has 1 aliphatic heterocycles. The fraction of sp³-hybridized carbons (Fsp3) is 0.737. The first kappa shape index (κ1) is 19.3. The zero-order chi connectivity index (χ0) is 17.7. The molecule has 0 aromatic carbocycles. The zero-order valence-corrected chi connectivity index (χ0v) is 16.5.